The summed E-state index contributed by atoms with van der Waals surface area (Å²) in [6.45, 7) is 4.58. The predicted octanol–water partition coefficient (Wildman–Crippen LogP) is 3.72. The van der Waals surface area contributed by atoms with Crippen LogP contribution < -0.4 is 9.47 Å². The zero-order valence-corrected chi connectivity index (χ0v) is 24.4. The van der Waals surface area contributed by atoms with E-state index in [0.29, 0.717) is 20.9 Å². The second kappa shape index (κ2) is 12.9. The van der Waals surface area contributed by atoms with Gasteiger partial charge in [-0.3, -0.25) is 0 Å². The maximum Gasteiger partial charge on any atom is 0.132 e. The molecule has 8 nitrogen and oxygen atoms in total. The molecule has 0 radical (unpaired) electrons. The minimum absolute atomic E-state index is 0.102. The summed E-state index contributed by atoms with van der Waals surface area (Å²) in [5.41, 5.74) is 2.46. The van der Waals surface area contributed by atoms with E-state index in [0.717, 1.165) is 14.7 Å². The molecule has 0 spiro atoms. The summed E-state index contributed by atoms with van der Waals surface area (Å²) in [6.07, 6.45) is -1.47. The van der Waals surface area contributed by atoms with Crippen LogP contribution in [0.25, 0.3) is 0 Å². The van der Waals surface area contributed by atoms with Crippen molar-refractivity contribution in [3.63, 3.8) is 0 Å². The topological polar surface area (TPSA) is 110 Å². The highest BCUT2D eigenvalue weighted by Crippen LogP contribution is 2.35. The van der Waals surface area contributed by atoms with Crippen molar-refractivity contribution in [2.24, 2.45) is 0 Å². The van der Waals surface area contributed by atoms with E-state index < -0.39 is 12.2 Å². The Balaban J connectivity index is 1.60. The number of hydrogen-bond donors (Lipinski definition) is 3. The molecule has 0 unspecified atom stereocenters. The predicted molar refractivity (Wildman–Crippen MR) is 150 cm³/mol. The van der Waals surface area contributed by atoms with E-state index in [1.54, 1.807) is 4.68 Å². The molecule has 190 valence electrons. The van der Waals surface area contributed by atoms with E-state index in [-0.39, 0.29) is 37.7 Å². The number of aliphatic hydroxyl groups is 3. The van der Waals surface area contributed by atoms with Gasteiger partial charge in [-0.2, -0.15) is 0 Å². The Bertz CT molecular complexity index is 1110. The molecule has 0 bridgehead atoms. The van der Waals surface area contributed by atoms with Crippen LogP contribution in [0.3, 0.4) is 0 Å². The zero-order chi connectivity index (χ0) is 25.6. The molecule has 35 heavy (non-hydrogen) atoms. The maximum absolute atomic E-state index is 10.3. The maximum atomic E-state index is 10.3. The van der Waals surface area contributed by atoms with Crippen molar-refractivity contribution in [1.82, 2.24) is 15.0 Å². The van der Waals surface area contributed by atoms with Gasteiger partial charge >= 0.3 is 0 Å². The fourth-order valence-corrected chi connectivity index (χ4v) is 4.70. The van der Waals surface area contributed by atoms with Crippen LogP contribution in [0.2, 0.25) is 0 Å². The van der Waals surface area contributed by atoms with E-state index in [2.05, 4.69) is 52.8 Å². The number of hydrogen-bond acceptors (Lipinski definition) is 7. The van der Waals surface area contributed by atoms with E-state index in [1.165, 1.54) is 0 Å². The van der Waals surface area contributed by atoms with Gasteiger partial charge in [0.1, 0.15) is 46.3 Å². The molecule has 0 aliphatic heterocycles. The van der Waals surface area contributed by atoms with Gasteiger partial charge in [0.05, 0.1) is 22.6 Å². The largest absolute Gasteiger partial charge is 0.491 e. The van der Waals surface area contributed by atoms with Gasteiger partial charge in [-0.15, -0.1) is 16.7 Å². The first kappa shape index (κ1) is 28.4. The van der Waals surface area contributed by atoms with Crippen LogP contribution in [-0.4, -0.2) is 61.6 Å². The molecule has 1 heterocycles. The molecule has 3 aromatic rings. The lowest BCUT2D eigenvalue weighted by atomic mass is 9.78. The minimum Gasteiger partial charge on any atom is -0.491 e. The average molecular weight is 724 g/mol. The highest BCUT2D eigenvalue weighted by atomic mass is 127. The lowest BCUT2D eigenvalue weighted by Gasteiger charge is -2.27. The Hall–Kier alpha value is -1.19. The number of alkyl halides is 1. The minimum atomic E-state index is -0.777. The second-order valence-electron chi connectivity index (χ2n) is 8.55. The Labute approximate surface area is 236 Å². The van der Waals surface area contributed by atoms with Crippen LogP contribution in [0.5, 0.6) is 11.5 Å². The van der Waals surface area contributed by atoms with Gasteiger partial charge in [0.15, 0.2) is 0 Å². The Morgan fingerprint density at radius 3 is 2.31 bits per heavy atom. The highest BCUT2D eigenvalue weighted by molar-refractivity contribution is 14.1. The molecule has 11 heteroatoms. The van der Waals surface area contributed by atoms with Crippen LogP contribution in [0.15, 0.2) is 42.5 Å². The van der Waals surface area contributed by atoms with Gasteiger partial charge in [0.25, 0.3) is 0 Å². The summed E-state index contributed by atoms with van der Waals surface area (Å²) in [6, 6.07) is 13.8. The Kier molecular flexibility index (Phi) is 10.4. The van der Waals surface area contributed by atoms with Gasteiger partial charge in [0.2, 0.25) is 0 Å². The monoisotopic (exact) mass is 723 g/mol. The van der Waals surface area contributed by atoms with Crippen LogP contribution in [0.4, 0.5) is 0 Å². The van der Waals surface area contributed by atoms with Crippen molar-refractivity contribution in [2.45, 2.75) is 44.6 Å². The lowest BCUT2D eigenvalue weighted by Crippen LogP contribution is -2.25. The molecule has 2 aromatic carbocycles. The number of aromatic nitrogens is 3. The average Bonchev–Trinajstić information content (AvgIpc) is 3.20. The van der Waals surface area contributed by atoms with Crippen molar-refractivity contribution in [2.75, 3.05) is 19.1 Å². The van der Waals surface area contributed by atoms with Crippen molar-refractivity contribution in [3.8, 4) is 11.5 Å². The fourth-order valence-electron chi connectivity index (χ4n) is 3.37. The number of aliphatic hydroxyl groups excluding tert-OH is 3. The van der Waals surface area contributed by atoms with Gasteiger partial charge in [-0.25, -0.2) is 4.68 Å². The summed E-state index contributed by atoms with van der Waals surface area (Å²) in [5, 5.41) is 37.0. The molecule has 3 rings (SSSR count). The third kappa shape index (κ3) is 7.41. The van der Waals surface area contributed by atoms with Crippen molar-refractivity contribution < 1.29 is 24.8 Å². The molecule has 0 amide bonds. The van der Waals surface area contributed by atoms with E-state index in [9.17, 15) is 15.3 Å². The molecule has 0 aliphatic rings. The first-order valence-electron chi connectivity index (χ1n) is 10.9. The fraction of sp³-hybridized carbons (Fsp3) is 0.417. The third-order valence-corrected chi connectivity index (χ3v) is 7.93. The lowest BCUT2D eigenvalue weighted by molar-refractivity contribution is 0.0881. The summed E-state index contributed by atoms with van der Waals surface area (Å²) in [4.78, 5) is 0. The van der Waals surface area contributed by atoms with E-state index in [1.807, 2.05) is 59.0 Å². The first-order valence-corrected chi connectivity index (χ1v) is 13.6. The molecule has 1 aromatic heterocycles. The normalized spacial score (nSPS) is 13.5. The standard InChI is InChI=1S/C24H28ClI2N3O5/c1-24(2,16-5-8-22(20(26)9-16)35-13-17(32)10-25)15-3-6-19(7-4-15)34-14-18(33)11-30-23(27)21(12-31)28-29-30/h3-9,17-18,31-33H,10-14H2,1-2H3/t17-,18+/m1/s1/i26-4. The van der Waals surface area contributed by atoms with Crippen molar-refractivity contribution >= 4 is 56.8 Å². The van der Waals surface area contributed by atoms with Gasteiger partial charge in [0, 0.05) is 5.41 Å². The summed E-state index contributed by atoms with van der Waals surface area (Å²) < 4.78 is 14.6. The van der Waals surface area contributed by atoms with Crippen LogP contribution in [0, 0.1) is 7.27 Å². The van der Waals surface area contributed by atoms with Crippen molar-refractivity contribution in [3.05, 3.63) is 66.6 Å². The quantitative estimate of drug-likeness (QED) is 0.193. The van der Waals surface area contributed by atoms with Gasteiger partial charge in [-0.1, -0.05) is 37.3 Å². The molecule has 0 saturated carbocycles. The first-order chi connectivity index (χ1) is 16.6. The SMILES string of the molecule is CC(C)(c1ccc(OC[C@@H](O)Cn2nnc(CO)c2I)cc1)c1ccc(OC[C@H](O)CCl)c([123I])c1. The Morgan fingerprint density at radius 1 is 1.06 bits per heavy atom. The van der Waals surface area contributed by atoms with E-state index >= 15 is 0 Å². The molecular formula is C24H28ClI2N3O5. The summed E-state index contributed by atoms with van der Waals surface area (Å²) >= 11 is 9.91. The Morgan fingerprint density at radius 2 is 1.71 bits per heavy atom. The summed E-state index contributed by atoms with van der Waals surface area (Å²) in [7, 11) is 0. The van der Waals surface area contributed by atoms with Gasteiger partial charge in [-0.05, 0) is 80.6 Å². The number of nitrogens with zero attached hydrogens (tertiary/aromatic N) is 3. The third-order valence-electron chi connectivity index (χ3n) is 5.55. The second-order valence-corrected chi connectivity index (χ2v) is 11.0. The molecule has 0 fully saturated rings. The van der Waals surface area contributed by atoms with Gasteiger partial charge < -0.3 is 24.8 Å². The highest BCUT2D eigenvalue weighted by Gasteiger charge is 2.24. The van der Waals surface area contributed by atoms with Crippen LogP contribution in [0.1, 0.15) is 30.7 Å². The smallest absolute Gasteiger partial charge is 0.132 e. The summed E-state index contributed by atoms with van der Waals surface area (Å²) in [5.74, 6) is 1.50. The number of rotatable bonds is 12. The molecular weight excluding hydrogens is 696 g/mol. The van der Waals surface area contributed by atoms with E-state index in [4.69, 9.17) is 21.1 Å². The molecule has 2 atom stereocenters. The number of halogens is 3. The molecule has 0 saturated heterocycles. The van der Waals surface area contributed by atoms with Crippen LogP contribution >= 0.6 is 56.8 Å². The van der Waals surface area contributed by atoms with Crippen LogP contribution in [-0.2, 0) is 18.6 Å². The number of ether oxygens (including phenoxy) is 2. The zero-order valence-electron chi connectivity index (χ0n) is 19.4. The number of benzene rings is 2. The molecule has 0 aliphatic carbocycles. The van der Waals surface area contributed by atoms with Crippen molar-refractivity contribution in [1.29, 1.82) is 0 Å². The molecule has 3 N–H and O–H groups in total.